The molecule has 1 aromatic carbocycles. The maximum atomic E-state index is 12.0. The Morgan fingerprint density at radius 2 is 1.96 bits per heavy atom. The molecule has 0 saturated heterocycles. The van der Waals surface area contributed by atoms with Gasteiger partial charge in [0, 0.05) is 25.3 Å². The van der Waals surface area contributed by atoms with Crippen molar-refractivity contribution in [2.24, 2.45) is 7.05 Å². The fourth-order valence-electron chi connectivity index (χ4n) is 2.96. The largest absolute Gasteiger partial charge is 0.388 e. The quantitative estimate of drug-likeness (QED) is 0.721. The van der Waals surface area contributed by atoms with Crippen LogP contribution in [0.5, 0.6) is 0 Å². The first-order valence-electron chi connectivity index (χ1n) is 8.65. The number of carbonyl (C=O) groups excluding carboxylic acids is 1. The Morgan fingerprint density at radius 3 is 2.56 bits per heavy atom. The van der Waals surface area contributed by atoms with E-state index < -0.39 is 6.10 Å². The summed E-state index contributed by atoms with van der Waals surface area (Å²) in [6.45, 7) is 6.45. The van der Waals surface area contributed by atoms with Gasteiger partial charge in [0.1, 0.15) is 0 Å². The maximum Gasteiger partial charge on any atom is 0.315 e. The number of hydrogen-bond donors (Lipinski definition) is 3. The number of carbonyl (C=O) groups is 1. The molecule has 0 saturated carbocycles. The van der Waals surface area contributed by atoms with Gasteiger partial charge in [-0.1, -0.05) is 30.3 Å². The number of aliphatic hydroxyl groups excluding tert-OH is 1. The van der Waals surface area contributed by atoms with Crippen molar-refractivity contribution in [3.8, 4) is 0 Å². The predicted molar refractivity (Wildman–Crippen MR) is 98.4 cm³/mol. The molecule has 2 amide bonds. The first-order valence-corrected chi connectivity index (χ1v) is 8.65. The number of rotatable bonds is 7. The minimum atomic E-state index is -0.586. The summed E-state index contributed by atoms with van der Waals surface area (Å²) < 4.78 is 1.86. The number of nitrogens with one attached hydrogen (secondary N) is 2. The van der Waals surface area contributed by atoms with Crippen LogP contribution in [0.2, 0.25) is 0 Å². The third-order valence-corrected chi connectivity index (χ3v) is 4.46. The lowest BCUT2D eigenvalue weighted by Gasteiger charge is -2.18. The maximum absolute atomic E-state index is 12.0. The number of urea groups is 1. The number of hydrogen-bond acceptors (Lipinski definition) is 3. The normalized spacial score (nSPS) is 13.3. The van der Waals surface area contributed by atoms with Crippen LogP contribution < -0.4 is 10.6 Å². The molecule has 6 nitrogen and oxygen atoms in total. The average Bonchev–Trinajstić information content (AvgIpc) is 2.81. The van der Waals surface area contributed by atoms with Crippen LogP contribution in [-0.2, 0) is 13.5 Å². The van der Waals surface area contributed by atoms with E-state index in [4.69, 9.17) is 0 Å². The van der Waals surface area contributed by atoms with Gasteiger partial charge in [0.05, 0.1) is 11.8 Å². The highest BCUT2D eigenvalue weighted by atomic mass is 16.3. The molecule has 0 spiro atoms. The Kier molecular flexibility index (Phi) is 6.58. The number of aromatic nitrogens is 2. The monoisotopic (exact) mass is 344 g/mol. The standard InChI is InChI=1S/C19H28N4O2/c1-13(12-18(24)16-8-6-5-7-9-16)21-19(25)20-11-10-17-14(2)22-23(4)15(17)3/h5-9,13,18,24H,10-12H2,1-4H3,(H2,20,21,25)/t13-,18+/m1/s1. The van der Waals surface area contributed by atoms with Gasteiger partial charge in [0.25, 0.3) is 0 Å². The van der Waals surface area contributed by atoms with Gasteiger partial charge in [-0.3, -0.25) is 4.68 Å². The van der Waals surface area contributed by atoms with Gasteiger partial charge in [-0.2, -0.15) is 5.10 Å². The molecule has 0 fully saturated rings. The van der Waals surface area contributed by atoms with Crippen LogP contribution in [0, 0.1) is 13.8 Å². The molecule has 2 aromatic rings. The third-order valence-electron chi connectivity index (χ3n) is 4.46. The molecule has 0 radical (unpaired) electrons. The molecule has 0 aliphatic heterocycles. The lowest BCUT2D eigenvalue weighted by Crippen LogP contribution is -2.42. The number of amides is 2. The molecule has 1 heterocycles. The number of benzene rings is 1. The molecule has 6 heteroatoms. The summed E-state index contributed by atoms with van der Waals surface area (Å²) in [5.41, 5.74) is 4.16. The summed E-state index contributed by atoms with van der Waals surface area (Å²) in [6, 6.07) is 9.13. The van der Waals surface area contributed by atoms with Gasteiger partial charge in [0.15, 0.2) is 0 Å². The SMILES string of the molecule is Cc1nn(C)c(C)c1CCNC(=O)N[C@H](C)C[C@H](O)c1ccccc1. The Balaban J connectivity index is 1.74. The molecule has 3 N–H and O–H groups in total. The molecule has 0 aliphatic rings. The van der Waals surface area contributed by atoms with Crippen LogP contribution in [-0.4, -0.2) is 33.5 Å². The van der Waals surface area contributed by atoms with Crippen LogP contribution in [0.4, 0.5) is 4.79 Å². The van der Waals surface area contributed by atoms with Crippen molar-refractivity contribution in [3.63, 3.8) is 0 Å². The van der Waals surface area contributed by atoms with Gasteiger partial charge < -0.3 is 15.7 Å². The second kappa shape index (κ2) is 8.67. The topological polar surface area (TPSA) is 79.2 Å². The fraction of sp³-hybridized carbons (Fsp3) is 0.474. The zero-order valence-corrected chi connectivity index (χ0v) is 15.4. The zero-order chi connectivity index (χ0) is 18.4. The van der Waals surface area contributed by atoms with Gasteiger partial charge in [-0.25, -0.2) is 4.79 Å². The van der Waals surface area contributed by atoms with Gasteiger partial charge in [-0.05, 0) is 44.7 Å². The molecule has 25 heavy (non-hydrogen) atoms. The van der Waals surface area contributed by atoms with E-state index in [2.05, 4.69) is 15.7 Å². The highest BCUT2D eigenvalue weighted by Gasteiger charge is 2.14. The summed E-state index contributed by atoms with van der Waals surface area (Å²) >= 11 is 0. The Morgan fingerprint density at radius 1 is 1.28 bits per heavy atom. The molecule has 2 atom stereocenters. The minimum Gasteiger partial charge on any atom is -0.388 e. The highest BCUT2D eigenvalue weighted by molar-refractivity contribution is 5.74. The van der Waals surface area contributed by atoms with Crippen molar-refractivity contribution >= 4 is 6.03 Å². The van der Waals surface area contributed by atoms with Gasteiger partial charge in [-0.15, -0.1) is 0 Å². The average molecular weight is 344 g/mol. The van der Waals surface area contributed by atoms with Crippen LogP contribution in [0.15, 0.2) is 30.3 Å². The molecule has 0 bridgehead atoms. The summed E-state index contributed by atoms with van der Waals surface area (Å²) in [4.78, 5) is 12.0. The first kappa shape index (κ1) is 19.0. The van der Waals surface area contributed by atoms with E-state index in [0.717, 1.165) is 23.4 Å². The Hall–Kier alpha value is -2.34. The van der Waals surface area contributed by atoms with E-state index in [1.807, 2.05) is 62.8 Å². The molecule has 1 aromatic heterocycles. The second-order valence-corrected chi connectivity index (χ2v) is 6.49. The second-order valence-electron chi connectivity index (χ2n) is 6.49. The fourth-order valence-corrected chi connectivity index (χ4v) is 2.96. The zero-order valence-electron chi connectivity index (χ0n) is 15.4. The molecule has 0 unspecified atom stereocenters. The lowest BCUT2D eigenvalue weighted by atomic mass is 10.0. The van der Waals surface area contributed by atoms with E-state index >= 15 is 0 Å². The molecule has 0 aliphatic carbocycles. The molecular formula is C19H28N4O2. The van der Waals surface area contributed by atoms with Crippen molar-refractivity contribution in [1.29, 1.82) is 0 Å². The molecule has 2 rings (SSSR count). The van der Waals surface area contributed by atoms with Crippen molar-refractivity contribution < 1.29 is 9.90 Å². The smallest absolute Gasteiger partial charge is 0.315 e. The van der Waals surface area contributed by atoms with Crippen LogP contribution in [0.3, 0.4) is 0 Å². The molecule has 136 valence electrons. The highest BCUT2D eigenvalue weighted by Crippen LogP contribution is 2.17. The summed E-state index contributed by atoms with van der Waals surface area (Å²) in [6.07, 6.45) is 0.635. The van der Waals surface area contributed by atoms with Crippen molar-refractivity contribution in [3.05, 3.63) is 52.8 Å². The lowest BCUT2D eigenvalue weighted by molar-refractivity contribution is 0.154. The van der Waals surface area contributed by atoms with Crippen molar-refractivity contribution in [2.45, 2.75) is 45.8 Å². The number of nitrogens with zero attached hydrogens (tertiary/aromatic N) is 2. The van der Waals surface area contributed by atoms with Crippen molar-refractivity contribution in [2.75, 3.05) is 6.54 Å². The van der Waals surface area contributed by atoms with E-state index in [1.54, 1.807) is 0 Å². The number of aliphatic hydroxyl groups is 1. The van der Waals surface area contributed by atoms with E-state index in [1.165, 1.54) is 5.56 Å². The van der Waals surface area contributed by atoms with Crippen LogP contribution in [0.25, 0.3) is 0 Å². The third kappa shape index (κ3) is 5.32. The van der Waals surface area contributed by atoms with E-state index in [0.29, 0.717) is 13.0 Å². The van der Waals surface area contributed by atoms with E-state index in [9.17, 15) is 9.90 Å². The summed E-state index contributed by atoms with van der Waals surface area (Å²) in [5, 5.41) is 20.3. The Bertz CT molecular complexity index is 697. The minimum absolute atomic E-state index is 0.128. The summed E-state index contributed by atoms with van der Waals surface area (Å²) in [7, 11) is 1.92. The van der Waals surface area contributed by atoms with E-state index in [-0.39, 0.29) is 12.1 Å². The predicted octanol–water partition coefficient (Wildman–Crippen LogP) is 2.39. The van der Waals surface area contributed by atoms with Crippen molar-refractivity contribution in [1.82, 2.24) is 20.4 Å². The first-order chi connectivity index (χ1) is 11.9. The van der Waals surface area contributed by atoms with Gasteiger partial charge in [0.2, 0.25) is 0 Å². The molecular weight excluding hydrogens is 316 g/mol. The van der Waals surface area contributed by atoms with Crippen LogP contribution >= 0.6 is 0 Å². The number of aryl methyl sites for hydroxylation is 2. The summed E-state index contributed by atoms with van der Waals surface area (Å²) in [5.74, 6) is 0. The Labute approximate surface area is 149 Å². The van der Waals surface area contributed by atoms with Gasteiger partial charge >= 0.3 is 6.03 Å². The van der Waals surface area contributed by atoms with Crippen LogP contribution in [0.1, 0.15) is 42.0 Å².